The van der Waals surface area contributed by atoms with Crippen LogP contribution in [0.2, 0.25) is 0 Å². The second kappa shape index (κ2) is 12.2. The number of hydrogen-bond donors (Lipinski definition) is 2. The highest BCUT2D eigenvalue weighted by molar-refractivity contribution is 7.98. The Labute approximate surface area is 212 Å². The van der Waals surface area contributed by atoms with Crippen LogP contribution in [0.25, 0.3) is 6.08 Å². The number of ketones is 1. The van der Waals surface area contributed by atoms with Crippen LogP contribution in [0.15, 0.2) is 36.1 Å². The number of rotatable bonds is 12. The molecule has 1 unspecified atom stereocenters. The van der Waals surface area contributed by atoms with Gasteiger partial charge in [-0.1, -0.05) is 0 Å². The van der Waals surface area contributed by atoms with Gasteiger partial charge in [0.25, 0.3) is 5.91 Å². The zero-order valence-corrected chi connectivity index (χ0v) is 21.1. The first-order valence-electron chi connectivity index (χ1n) is 10.8. The van der Waals surface area contributed by atoms with Crippen molar-refractivity contribution < 1.29 is 43.2 Å². The minimum absolute atomic E-state index is 0.0727. The molecule has 2 aromatic rings. The van der Waals surface area contributed by atoms with E-state index in [-0.39, 0.29) is 29.6 Å². The number of nitrogens with one attached hydrogen (secondary N) is 1. The number of carboxylic acid groups (broad SMARTS) is 1. The van der Waals surface area contributed by atoms with Gasteiger partial charge in [0.05, 0.1) is 26.9 Å². The van der Waals surface area contributed by atoms with Crippen LogP contribution in [-0.4, -0.2) is 68.8 Å². The Kier molecular flexibility index (Phi) is 9.07. The van der Waals surface area contributed by atoms with E-state index in [4.69, 9.17) is 23.7 Å². The normalized spacial score (nSPS) is 14.0. The molecule has 1 aliphatic heterocycles. The highest BCUT2D eigenvalue weighted by Crippen LogP contribution is 2.42. The van der Waals surface area contributed by atoms with Gasteiger partial charge in [-0.05, 0) is 48.8 Å². The van der Waals surface area contributed by atoms with Crippen LogP contribution in [0.4, 0.5) is 0 Å². The summed E-state index contributed by atoms with van der Waals surface area (Å²) in [5.41, 5.74) is 0.884. The van der Waals surface area contributed by atoms with Gasteiger partial charge in [0.15, 0.2) is 23.9 Å². The summed E-state index contributed by atoms with van der Waals surface area (Å²) in [6.07, 6.45) is 3.70. The summed E-state index contributed by atoms with van der Waals surface area (Å²) in [6, 6.07) is 6.98. The number of fused-ring (bicyclic) bond motifs is 1. The maximum Gasteiger partial charge on any atom is 0.326 e. The number of ether oxygens (including phenoxy) is 5. The predicted molar refractivity (Wildman–Crippen MR) is 134 cm³/mol. The average Bonchev–Trinajstić information content (AvgIpc) is 3.18. The second-order valence-corrected chi connectivity index (χ2v) is 8.54. The van der Waals surface area contributed by atoms with Gasteiger partial charge >= 0.3 is 5.97 Å². The van der Waals surface area contributed by atoms with Crippen LogP contribution in [0.5, 0.6) is 28.7 Å². The first kappa shape index (κ1) is 26.7. The SMILES string of the molecule is COc1ccc(C=C2Oc3cc(OCC(=O)NC(CCSC)C(=O)O)ccc3C2=O)c(OC)c1OC. The molecule has 10 nitrogen and oxygen atoms in total. The zero-order chi connectivity index (χ0) is 26.2. The molecule has 1 aliphatic rings. The third-order valence-corrected chi connectivity index (χ3v) is 5.92. The van der Waals surface area contributed by atoms with Crippen LogP contribution in [0.3, 0.4) is 0 Å². The van der Waals surface area contributed by atoms with Crippen LogP contribution in [0.1, 0.15) is 22.3 Å². The molecule has 11 heteroatoms. The van der Waals surface area contributed by atoms with E-state index in [1.807, 2.05) is 6.26 Å². The van der Waals surface area contributed by atoms with Crippen LogP contribution in [0, 0.1) is 0 Å². The number of thioether (sulfide) groups is 1. The highest BCUT2D eigenvalue weighted by Gasteiger charge is 2.29. The maximum atomic E-state index is 12.9. The van der Waals surface area contributed by atoms with Crippen molar-refractivity contribution in [1.82, 2.24) is 5.32 Å². The van der Waals surface area contributed by atoms with E-state index in [0.29, 0.717) is 40.5 Å². The number of carboxylic acids is 1. The second-order valence-electron chi connectivity index (χ2n) is 7.55. The van der Waals surface area contributed by atoms with E-state index in [1.54, 1.807) is 12.1 Å². The molecule has 0 saturated carbocycles. The lowest BCUT2D eigenvalue weighted by atomic mass is 10.1. The number of hydrogen-bond acceptors (Lipinski definition) is 9. The van der Waals surface area contributed by atoms with Crippen molar-refractivity contribution in [3.05, 3.63) is 47.2 Å². The number of allylic oxidation sites excluding steroid dienone is 1. The lowest BCUT2D eigenvalue weighted by molar-refractivity contribution is -0.142. The van der Waals surface area contributed by atoms with Gasteiger partial charge < -0.3 is 34.1 Å². The molecule has 36 heavy (non-hydrogen) atoms. The number of benzene rings is 2. The first-order chi connectivity index (χ1) is 17.3. The fraction of sp³-hybridized carbons (Fsp3) is 0.320. The Morgan fingerprint density at radius 2 is 1.86 bits per heavy atom. The molecule has 3 rings (SSSR count). The van der Waals surface area contributed by atoms with Crippen LogP contribution >= 0.6 is 11.8 Å². The van der Waals surface area contributed by atoms with E-state index in [1.165, 1.54) is 57.4 Å². The molecule has 1 amide bonds. The molecule has 1 atom stereocenters. The standard InChI is InChI=1S/C25H27NO9S/c1-31-18-8-5-14(23(32-2)24(18)33-3)11-20-22(28)16-7-6-15(12-19(16)35-20)34-13-21(27)26-17(25(29)30)9-10-36-4/h5-8,11-12,17H,9-10,13H2,1-4H3,(H,26,27)(H,29,30). The van der Waals surface area contributed by atoms with Gasteiger partial charge in [-0.25, -0.2) is 4.79 Å². The number of aliphatic carboxylic acids is 1. The predicted octanol–water partition coefficient (Wildman–Crippen LogP) is 3.03. The molecule has 2 aromatic carbocycles. The summed E-state index contributed by atoms with van der Waals surface area (Å²) in [5, 5.41) is 11.7. The molecule has 0 aliphatic carbocycles. The fourth-order valence-electron chi connectivity index (χ4n) is 3.51. The molecule has 0 bridgehead atoms. The van der Waals surface area contributed by atoms with Crippen molar-refractivity contribution in [3.63, 3.8) is 0 Å². The van der Waals surface area contributed by atoms with E-state index in [0.717, 1.165) is 0 Å². The molecule has 0 aromatic heterocycles. The quantitative estimate of drug-likeness (QED) is 0.405. The fourth-order valence-corrected chi connectivity index (χ4v) is 3.99. The summed E-state index contributed by atoms with van der Waals surface area (Å²) in [4.78, 5) is 36.3. The van der Waals surface area contributed by atoms with Crippen molar-refractivity contribution in [2.75, 3.05) is 39.9 Å². The summed E-state index contributed by atoms with van der Waals surface area (Å²) in [7, 11) is 4.47. The smallest absolute Gasteiger partial charge is 0.326 e. The van der Waals surface area contributed by atoms with Crippen molar-refractivity contribution >= 4 is 35.5 Å². The third-order valence-electron chi connectivity index (χ3n) is 5.28. The lowest BCUT2D eigenvalue weighted by Gasteiger charge is -2.14. The van der Waals surface area contributed by atoms with Gasteiger partial charge in [0, 0.05) is 11.6 Å². The van der Waals surface area contributed by atoms with Gasteiger partial charge in [0.2, 0.25) is 11.5 Å². The maximum absolute atomic E-state index is 12.9. The Bertz CT molecular complexity index is 1180. The monoisotopic (exact) mass is 517 g/mol. The topological polar surface area (TPSA) is 130 Å². The lowest BCUT2D eigenvalue weighted by Crippen LogP contribution is -2.43. The Morgan fingerprint density at radius 1 is 1.11 bits per heavy atom. The number of amides is 1. The Morgan fingerprint density at radius 3 is 2.50 bits per heavy atom. The largest absolute Gasteiger partial charge is 0.493 e. The molecule has 0 radical (unpaired) electrons. The summed E-state index contributed by atoms with van der Waals surface area (Å²) >= 11 is 1.49. The number of Topliss-reactive ketones (excluding diaryl/α,β-unsaturated/α-hetero) is 1. The van der Waals surface area contributed by atoms with Crippen LogP contribution < -0.4 is 29.0 Å². The van der Waals surface area contributed by atoms with Gasteiger partial charge in [-0.2, -0.15) is 11.8 Å². The number of methoxy groups -OCH3 is 3. The molecular formula is C25H27NO9S. The first-order valence-corrected chi connectivity index (χ1v) is 12.2. The minimum atomic E-state index is -1.10. The van der Waals surface area contributed by atoms with E-state index in [2.05, 4.69) is 5.32 Å². The third kappa shape index (κ3) is 6.03. The van der Waals surface area contributed by atoms with E-state index in [9.17, 15) is 19.5 Å². The summed E-state index contributed by atoms with van der Waals surface area (Å²) in [5.74, 6) is 0.461. The van der Waals surface area contributed by atoms with Gasteiger partial charge in [0.1, 0.15) is 17.5 Å². The van der Waals surface area contributed by atoms with E-state index >= 15 is 0 Å². The summed E-state index contributed by atoms with van der Waals surface area (Å²) < 4.78 is 27.4. The van der Waals surface area contributed by atoms with E-state index < -0.39 is 17.9 Å². The molecule has 0 spiro atoms. The minimum Gasteiger partial charge on any atom is -0.493 e. The molecule has 0 saturated heterocycles. The van der Waals surface area contributed by atoms with Crippen LogP contribution in [-0.2, 0) is 9.59 Å². The Balaban J connectivity index is 1.72. The molecule has 192 valence electrons. The van der Waals surface area contributed by atoms with Crippen molar-refractivity contribution in [1.29, 1.82) is 0 Å². The van der Waals surface area contributed by atoms with Crippen molar-refractivity contribution in [2.45, 2.75) is 12.5 Å². The molecule has 2 N–H and O–H groups in total. The summed E-state index contributed by atoms with van der Waals surface area (Å²) in [6.45, 7) is -0.388. The van der Waals surface area contributed by atoms with Gasteiger partial charge in [-0.3, -0.25) is 9.59 Å². The Hall–Kier alpha value is -3.86. The van der Waals surface area contributed by atoms with Crippen molar-refractivity contribution in [3.8, 4) is 28.7 Å². The highest BCUT2D eigenvalue weighted by atomic mass is 32.2. The van der Waals surface area contributed by atoms with Gasteiger partial charge in [-0.15, -0.1) is 0 Å². The number of carbonyl (C=O) groups is 3. The number of carbonyl (C=O) groups excluding carboxylic acids is 2. The average molecular weight is 518 g/mol. The van der Waals surface area contributed by atoms with Crippen molar-refractivity contribution in [2.24, 2.45) is 0 Å². The molecule has 0 fully saturated rings. The molecular weight excluding hydrogens is 490 g/mol. The molecule has 1 heterocycles. The zero-order valence-electron chi connectivity index (χ0n) is 20.3.